The van der Waals surface area contributed by atoms with E-state index in [0.29, 0.717) is 16.9 Å². The van der Waals surface area contributed by atoms with Crippen molar-refractivity contribution in [2.24, 2.45) is 0 Å². The highest BCUT2D eigenvalue weighted by Gasteiger charge is 2.26. The topological polar surface area (TPSA) is 113 Å². The summed E-state index contributed by atoms with van der Waals surface area (Å²) in [6.45, 7) is 0.280. The lowest BCUT2D eigenvalue weighted by molar-refractivity contribution is 0.0879. The van der Waals surface area contributed by atoms with Gasteiger partial charge in [0.2, 0.25) is 0 Å². The number of urea groups is 1. The molecule has 0 atom stereocenters. The number of fused-ring (bicyclic) bond motifs is 1. The summed E-state index contributed by atoms with van der Waals surface area (Å²) in [5, 5.41) is 7.49. The molecule has 7 nitrogen and oxygen atoms in total. The summed E-state index contributed by atoms with van der Waals surface area (Å²) in [5.41, 5.74) is 8.18. The lowest BCUT2D eigenvalue weighted by Crippen LogP contribution is -2.28. The molecule has 4 amide bonds. The molecule has 0 fully saturated rings. The van der Waals surface area contributed by atoms with Crippen LogP contribution in [0.4, 0.5) is 16.2 Å². The number of benzene rings is 2. The first-order valence-corrected chi connectivity index (χ1v) is 6.92. The van der Waals surface area contributed by atoms with Gasteiger partial charge in [0.05, 0.1) is 11.1 Å². The number of rotatable bonds is 3. The van der Waals surface area contributed by atoms with E-state index in [9.17, 15) is 14.4 Å². The average Bonchev–Trinajstić information content (AvgIpc) is 2.81. The maximum Gasteiger partial charge on any atom is 0.319 e. The molecule has 0 bridgehead atoms. The van der Waals surface area contributed by atoms with Crippen molar-refractivity contribution in [2.45, 2.75) is 6.54 Å². The van der Waals surface area contributed by atoms with Crippen LogP contribution in [-0.4, -0.2) is 17.8 Å². The maximum atomic E-state index is 11.9. The molecule has 0 aliphatic carbocycles. The number of nitrogens with two attached hydrogens (primary N) is 1. The Labute approximate surface area is 131 Å². The van der Waals surface area contributed by atoms with Gasteiger partial charge in [-0.1, -0.05) is 18.2 Å². The molecular weight excluding hydrogens is 296 g/mol. The Morgan fingerprint density at radius 3 is 2.57 bits per heavy atom. The third-order valence-corrected chi connectivity index (χ3v) is 3.49. The predicted octanol–water partition coefficient (Wildman–Crippen LogP) is 1.47. The molecule has 0 spiro atoms. The van der Waals surface area contributed by atoms with Gasteiger partial charge in [0, 0.05) is 17.9 Å². The van der Waals surface area contributed by atoms with Gasteiger partial charge in [-0.2, -0.15) is 0 Å². The Kier molecular flexibility index (Phi) is 3.68. The van der Waals surface area contributed by atoms with E-state index in [1.165, 1.54) is 12.1 Å². The Hall–Kier alpha value is -3.35. The summed E-state index contributed by atoms with van der Waals surface area (Å²) < 4.78 is 0. The number of nitrogens with one attached hydrogen (secondary N) is 3. The van der Waals surface area contributed by atoms with Crippen molar-refractivity contribution in [1.82, 2.24) is 10.6 Å². The molecule has 3 rings (SSSR count). The van der Waals surface area contributed by atoms with E-state index < -0.39 is 17.8 Å². The molecule has 23 heavy (non-hydrogen) atoms. The number of imide groups is 1. The number of carbonyl (C=O) groups excluding carboxylic acids is 3. The molecule has 0 unspecified atom stereocenters. The fraction of sp³-hybridized carbons (Fsp3) is 0.0625. The van der Waals surface area contributed by atoms with Crippen molar-refractivity contribution < 1.29 is 14.4 Å². The number of amides is 4. The summed E-state index contributed by atoms with van der Waals surface area (Å²) in [4.78, 5) is 35.0. The van der Waals surface area contributed by atoms with Gasteiger partial charge in [-0.15, -0.1) is 0 Å². The first kappa shape index (κ1) is 14.6. The Morgan fingerprint density at radius 1 is 1.04 bits per heavy atom. The summed E-state index contributed by atoms with van der Waals surface area (Å²) in [7, 11) is 0. The summed E-state index contributed by atoms with van der Waals surface area (Å²) >= 11 is 0. The van der Waals surface area contributed by atoms with Crippen LogP contribution in [0.5, 0.6) is 0 Å². The van der Waals surface area contributed by atoms with Gasteiger partial charge in [0.1, 0.15) is 0 Å². The molecule has 2 aromatic carbocycles. The van der Waals surface area contributed by atoms with Crippen LogP contribution in [0.2, 0.25) is 0 Å². The minimum absolute atomic E-state index is 0.250. The largest absolute Gasteiger partial charge is 0.398 e. The van der Waals surface area contributed by atoms with Gasteiger partial charge in [-0.25, -0.2) is 4.79 Å². The molecule has 0 radical (unpaired) electrons. The number of para-hydroxylation sites is 1. The molecule has 1 heterocycles. The van der Waals surface area contributed by atoms with Crippen molar-refractivity contribution in [3.63, 3.8) is 0 Å². The number of anilines is 2. The van der Waals surface area contributed by atoms with E-state index in [1.54, 1.807) is 12.1 Å². The Balaban J connectivity index is 1.65. The maximum absolute atomic E-state index is 11.9. The van der Waals surface area contributed by atoms with Crippen molar-refractivity contribution in [1.29, 1.82) is 0 Å². The Bertz CT molecular complexity index is 817. The van der Waals surface area contributed by atoms with E-state index in [4.69, 9.17) is 5.73 Å². The average molecular weight is 310 g/mol. The zero-order valence-electron chi connectivity index (χ0n) is 12.1. The van der Waals surface area contributed by atoms with Crippen molar-refractivity contribution >= 4 is 29.2 Å². The van der Waals surface area contributed by atoms with Gasteiger partial charge < -0.3 is 16.4 Å². The standard InChI is InChI=1S/C16H14N4O3/c17-13-4-2-1-3-9(13)8-18-16(23)19-10-5-6-11-12(7-10)15(22)20-14(11)21/h1-7H,8,17H2,(H2,18,19,23)(H,20,21,22). The number of hydrogen-bond acceptors (Lipinski definition) is 4. The molecule has 2 aromatic rings. The van der Waals surface area contributed by atoms with E-state index in [2.05, 4.69) is 16.0 Å². The predicted molar refractivity (Wildman–Crippen MR) is 85.0 cm³/mol. The zero-order valence-corrected chi connectivity index (χ0v) is 12.1. The third-order valence-electron chi connectivity index (χ3n) is 3.49. The molecule has 0 aromatic heterocycles. The second kappa shape index (κ2) is 5.80. The highest BCUT2D eigenvalue weighted by molar-refractivity contribution is 6.22. The van der Waals surface area contributed by atoms with Crippen LogP contribution in [0.15, 0.2) is 42.5 Å². The van der Waals surface area contributed by atoms with Crippen LogP contribution in [0.1, 0.15) is 26.3 Å². The van der Waals surface area contributed by atoms with Crippen LogP contribution in [0.25, 0.3) is 0 Å². The van der Waals surface area contributed by atoms with Crippen LogP contribution >= 0.6 is 0 Å². The number of hydrogen-bond donors (Lipinski definition) is 4. The second-order valence-corrected chi connectivity index (χ2v) is 5.05. The lowest BCUT2D eigenvalue weighted by Gasteiger charge is -2.09. The van der Waals surface area contributed by atoms with Crippen molar-refractivity contribution in [3.8, 4) is 0 Å². The zero-order chi connectivity index (χ0) is 16.4. The van der Waals surface area contributed by atoms with E-state index in [1.807, 2.05) is 18.2 Å². The lowest BCUT2D eigenvalue weighted by atomic mass is 10.1. The second-order valence-electron chi connectivity index (χ2n) is 5.05. The summed E-state index contributed by atoms with van der Waals surface area (Å²) in [6, 6.07) is 11.3. The van der Waals surface area contributed by atoms with Crippen LogP contribution in [-0.2, 0) is 6.54 Å². The molecule has 5 N–H and O–H groups in total. The quantitative estimate of drug-likeness (QED) is 0.508. The van der Waals surface area contributed by atoms with E-state index >= 15 is 0 Å². The van der Waals surface area contributed by atoms with Crippen LogP contribution < -0.4 is 21.7 Å². The first-order chi connectivity index (χ1) is 11.0. The van der Waals surface area contributed by atoms with Crippen LogP contribution in [0.3, 0.4) is 0 Å². The van der Waals surface area contributed by atoms with Gasteiger partial charge in [-0.3, -0.25) is 14.9 Å². The molecule has 0 saturated carbocycles. The van der Waals surface area contributed by atoms with Gasteiger partial charge in [0.15, 0.2) is 0 Å². The normalized spacial score (nSPS) is 12.5. The van der Waals surface area contributed by atoms with E-state index in [-0.39, 0.29) is 12.1 Å². The van der Waals surface area contributed by atoms with Crippen molar-refractivity contribution in [3.05, 3.63) is 59.2 Å². The minimum atomic E-state index is -0.467. The molecule has 116 valence electrons. The van der Waals surface area contributed by atoms with E-state index in [0.717, 1.165) is 5.56 Å². The summed E-state index contributed by atoms with van der Waals surface area (Å²) in [6.07, 6.45) is 0. The third kappa shape index (κ3) is 2.98. The molecule has 0 saturated heterocycles. The monoisotopic (exact) mass is 310 g/mol. The molecular formula is C16H14N4O3. The fourth-order valence-electron chi connectivity index (χ4n) is 2.29. The smallest absolute Gasteiger partial charge is 0.319 e. The highest BCUT2D eigenvalue weighted by atomic mass is 16.2. The molecule has 7 heteroatoms. The van der Waals surface area contributed by atoms with Crippen molar-refractivity contribution in [2.75, 3.05) is 11.1 Å². The molecule has 1 aliphatic heterocycles. The van der Waals surface area contributed by atoms with Gasteiger partial charge in [0.25, 0.3) is 11.8 Å². The highest BCUT2D eigenvalue weighted by Crippen LogP contribution is 2.20. The first-order valence-electron chi connectivity index (χ1n) is 6.92. The van der Waals surface area contributed by atoms with Crippen LogP contribution in [0, 0.1) is 0 Å². The SMILES string of the molecule is Nc1ccccc1CNC(=O)Nc1ccc2c(c1)C(=O)NC2=O. The van der Waals surface area contributed by atoms with Gasteiger partial charge in [-0.05, 0) is 29.8 Å². The molecule has 1 aliphatic rings. The van der Waals surface area contributed by atoms with Gasteiger partial charge >= 0.3 is 6.03 Å². The minimum Gasteiger partial charge on any atom is -0.398 e. The Morgan fingerprint density at radius 2 is 1.78 bits per heavy atom. The fourth-order valence-corrected chi connectivity index (χ4v) is 2.29. The number of carbonyl (C=O) groups is 3. The number of nitrogen functional groups attached to an aromatic ring is 1. The summed E-state index contributed by atoms with van der Waals surface area (Å²) in [5.74, 6) is -0.897.